The van der Waals surface area contributed by atoms with E-state index in [0.717, 1.165) is 6.42 Å². The van der Waals surface area contributed by atoms with E-state index in [2.05, 4.69) is 41.5 Å². The zero-order valence-electron chi connectivity index (χ0n) is 9.73. The summed E-state index contributed by atoms with van der Waals surface area (Å²) in [5, 5.41) is 0.322. The highest BCUT2D eigenvalue weighted by molar-refractivity contribution is 8.14. The topological polar surface area (TPSA) is 17.1 Å². The highest BCUT2D eigenvalue weighted by atomic mass is 32.2. The number of hydrogen-bond donors (Lipinski definition) is 0. The third-order valence-electron chi connectivity index (χ3n) is 1.50. The Morgan fingerprint density at radius 3 is 1.85 bits per heavy atom. The SMILES string of the molecule is CC(C)(C)CCC(=O)SC(C)(C)C. The minimum atomic E-state index is 0.0645. The molecule has 0 bridgehead atoms. The fourth-order valence-electron chi connectivity index (χ4n) is 0.870. The molecule has 78 valence electrons. The summed E-state index contributed by atoms with van der Waals surface area (Å²) in [6.45, 7) is 12.7. The molecule has 0 rings (SSSR count). The maximum absolute atomic E-state index is 11.5. The molecule has 0 aromatic carbocycles. The Balaban J connectivity index is 3.78. The van der Waals surface area contributed by atoms with Crippen molar-refractivity contribution < 1.29 is 4.79 Å². The first-order chi connectivity index (χ1) is 5.60. The summed E-state index contributed by atoms with van der Waals surface area (Å²) in [4.78, 5) is 11.5. The standard InChI is InChI=1S/C11H22OS/c1-10(2,3)8-7-9(12)13-11(4,5)6/h7-8H2,1-6H3. The molecule has 0 fully saturated rings. The van der Waals surface area contributed by atoms with Gasteiger partial charge in [-0.1, -0.05) is 53.3 Å². The van der Waals surface area contributed by atoms with Crippen LogP contribution in [0, 0.1) is 5.41 Å². The van der Waals surface area contributed by atoms with Crippen molar-refractivity contribution in [3.8, 4) is 0 Å². The first-order valence-corrected chi connectivity index (χ1v) is 5.64. The van der Waals surface area contributed by atoms with Gasteiger partial charge in [-0.05, 0) is 11.8 Å². The Kier molecular flexibility index (Phi) is 4.50. The molecule has 0 amide bonds. The van der Waals surface area contributed by atoms with Crippen molar-refractivity contribution in [1.29, 1.82) is 0 Å². The summed E-state index contributed by atoms with van der Waals surface area (Å²) in [6.07, 6.45) is 1.68. The van der Waals surface area contributed by atoms with E-state index in [9.17, 15) is 4.79 Å². The Bertz CT molecular complexity index is 172. The molecule has 0 N–H and O–H groups in total. The van der Waals surface area contributed by atoms with Crippen LogP contribution in [0.15, 0.2) is 0 Å². The van der Waals surface area contributed by atoms with Crippen LogP contribution in [0.3, 0.4) is 0 Å². The van der Waals surface area contributed by atoms with E-state index in [4.69, 9.17) is 0 Å². The van der Waals surface area contributed by atoms with E-state index < -0.39 is 0 Å². The normalized spacial score (nSPS) is 13.1. The Morgan fingerprint density at radius 2 is 1.54 bits per heavy atom. The van der Waals surface area contributed by atoms with Gasteiger partial charge in [-0.2, -0.15) is 0 Å². The quantitative estimate of drug-likeness (QED) is 0.676. The van der Waals surface area contributed by atoms with Gasteiger partial charge in [0.05, 0.1) is 0 Å². The average Bonchev–Trinajstić information content (AvgIpc) is 1.78. The molecular formula is C11H22OS. The number of carbonyl (C=O) groups is 1. The van der Waals surface area contributed by atoms with Gasteiger partial charge in [0.2, 0.25) is 0 Å². The lowest BCUT2D eigenvalue weighted by Gasteiger charge is -2.20. The Hall–Kier alpha value is 0.0200. The minimum absolute atomic E-state index is 0.0645. The average molecular weight is 202 g/mol. The van der Waals surface area contributed by atoms with Gasteiger partial charge in [-0.3, -0.25) is 4.79 Å². The first-order valence-electron chi connectivity index (χ1n) is 4.82. The van der Waals surface area contributed by atoms with Crippen LogP contribution in [0.4, 0.5) is 0 Å². The number of carbonyl (C=O) groups excluding carboxylic acids is 1. The van der Waals surface area contributed by atoms with Crippen LogP contribution in [0.25, 0.3) is 0 Å². The molecule has 0 unspecified atom stereocenters. The molecule has 0 heterocycles. The molecule has 0 aliphatic carbocycles. The lowest BCUT2D eigenvalue weighted by atomic mass is 9.91. The highest BCUT2D eigenvalue weighted by Crippen LogP contribution is 2.28. The highest BCUT2D eigenvalue weighted by Gasteiger charge is 2.18. The van der Waals surface area contributed by atoms with Crippen LogP contribution in [-0.2, 0) is 4.79 Å². The van der Waals surface area contributed by atoms with E-state index in [1.54, 1.807) is 0 Å². The van der Waals surface area contributed by atoms with Gasteiger partial charge in [0.25, 0.3) is 0 Å². The molecule has 13 heavy (non-hydrogen) atoms. The summed E-state index contributed by atoms with van der Waals surface area (Å²) in [6, 6.07) is 0. The van der Waals surface area contributed by atoms with Crippen molar-refractivity contribution in [2.75, 3.05) is 0 Å². The molecule has 0 aliphatic heterocycles. The summed E-state index contributed by atoms with van der Waals surface area (Å²) in [5.74, 6) is 0. The van der Waals surface area contributed by atoms with Gasteiger partial charge in [0.15, 0.2) is 5.12 Å². The molecule has 0 atom stereocenters. The monoisotopic (exact) mass is 202 g/mol. The van der Waals surface area contributed by atoms with Gasteiger partial charge >= 0.3 is 0 Å². The van der Waals surface area contributed by atoms with E-state index >= 15 is 0 Å². The molecular weight excluding hydrogens is 180 g/mol. The molecule has 0 saturated carbocycles. The van der Waals surface area contributed by atoms with Gasteiger partial charge in [-0.15, -0.1) is 0 Å². The molecule has 0 radical (unpaired) electrons. The summed E-state index contributed by atoms with van der Waals surface area (Å²) in [7, 11) is 0. The predicted octanol–water partition coefficient (Wildman–Crippen LogP) is 3.87. The molecule has 0 aromatic heterocycles. The zero-order valence-corrected chi connectivity index (χ0v) is 10.5. The largest absolute Gasteiger partial charge is 0.287 e. The van der Waals surface area contributed by atoms with Crippen molar-refractivity contribution in [2.24, 2.45) is 5.41 Å². The van der Waals surface area contributed by atoms with Gasteiger partial charge in [0.1, 0.15) is 0 Å². The molecule has 2 heteroatoms. The van der Waals surface area contributed by atoms with E-state index in [-0.39, 0.29) is 10.2 Å². The van der Waals surface area contributed by atoms with Gasteiger partial charge in [0, 0.05) is 11.2 Å². The van der Waals surface area contributed by atoms with Crippen molar-refractivity contribution in [3.63, 3.8) is 0 Å². The lowest BCUT2D eigenvalue weighted by molar-refractivity contribution is -0.111. The lowest BCUT2D eigenvalue weighted by Crippen LogP contribution is -2.14. The van der Waals surface area contributed by atoms with Gasteiger partial charge < -0.3 is 0 Å². The number of hydrogen-bond acceptors (Lipinski definition) is 2. The fourth-order valence-corrected chi connectivity index (χ4v) is 1.76. The first kappa shape index (κ1) is 13.0. The summed E-state index contributed by atoms with van der Waals surface area (Å²) < 4.78 is 0.0645. The van der Waals surface area contributed by atoms with Crippen LogP contribution in [-0.4, -0.2) is 9.86 Å². The molecule has 0 saturated heterocycles. The number of thioether (sulfide) groups is 1. The van der Waals surface area contributed by atoms with Gasteiger partial charge in [-0.25, -0.2) is 0 Å². The zero-order chi connectivity index (χ0) is 10.7. The second-order valence-electron chi connectivity index (χ2n) is 5.65. The molecule has 0 spiro atoms. The van der Waals surface area contributed by atoms with E-state index in [1.165, 1.54) is 11.8 Å². The number of rotatable bonds is 2. The smallest absolute Gasteiger partial charge is 0.189 e. The maximum atomic E-state index is 11.5. The van der Waals surface area contributed by atoms with Crippen molar-refractivity contribution in [1.82, 2.24) is 0 Å². The Morgan fingerprint density at radius 1 is 1.08 bits per heavy atom. The fraction of sp³-hybridized carbons (Fsp3) is 0.909. The second kappa shape index (κ2) is 4.50. The third-order valence-corrected chi connectivity index (χ3v) is 2.54. The van der Waals surface area contributed by atoms with Crippen LogP contribution in [0.1, 0.15) is 54.4 Å². The minimum Gasteiger partial charge on any atom is -0.287 e. The summed E-state index contributed by atoms with van der Waals surface area (Å²) in [5.41, 5.74) is 0.272. The summed E-state index contributed by atoms with van der Waals surface area (Å²) >= 11 is 1.46. The van der Waals surface area contributed by atoms with E-state index in [0.29, 0.717) is 11.5 Å². The van der Waals surface area contributed by atoms with Crippen LogP contribution < -0.4 is 0 Å². The maximum Gasteiger partial charge on any atom is 0.189 e. The second-order valence-corrected chi connectivity index (χ2v) is 7.53. The third kappa shape index (κ3) is 9.94. The molecule has 1 nitrogen and oxygen atoms in total. The van der Waals surface area contributed by atoms with Crippen molar-refractivity contribution >= 4 is 16.9 Å². The Labute approximate surface area is 86.7 Å². The van der Waals surface area contributed by atoms with E-state index in [1.807, 2.05) is 0 Å². The van der Waals surface area contributed by atoms with Crippen molar-refractivity contribution in [2.45, 2.75) is 59.1 Å². The molecule has 0 aromatic rings. The van der Waals surface area contributed by atoms with Crippen LogP contribution in [0.5, 0.6) is 0 Å². The van der Waals surface area contributed by atoms with Crippen LogP contribution >= 0.6 is 11.8 Å². The predicted molar refractivity (Wildman–Crippen MR) is 61.0 cm³/mol. The van der Waals surface area contributed by atoms with Crippen LogP contribution in [0.2, 0.25) is 0 Å². The van der Waals surface area contributed by atoms with Crippen molar-refractivity contribution in [3.05, 3.63) is 0 Å². The molecule has 0 aliphatic rings.